The fraction of sp³-hybridized carbons (Fsp3) is 0.714. The molecule has 3 aliphatic carbocycles. The lowest BCUT2D eigenvalue weighted by Gasteiger charge is -2.39. The molecule has 3 rings (SSSR count). The maximum Gasteiger partial charge on any atom is 0.425 e. The quantitative estimate of drug-likeness (QED) is 0.288. The van der Waals surface area contributed by atoms with Crippen LogP contribution in [0.2, 0.25) is 18.1 Å². The summed E-state index contributed by atoms with van der Waals surface area (Å²) in [6, 6.07) is 0. The Labute approximate surface area is 235 Å². The zero-order chi connectivity index (χ0) is 30.0. The molecule has 11 heteroatoms. The first kappa shape index (κ1) is 31.7. The van der Waals surface area contributed by atoms with E-state index in [0.29, 0.717) is 22.7 Å². The lowest BCUT2D eigenvalue weighted by Crippen LogP contribution is -2.52. The van der Waals surface area contributed by atoms with E-state index in [0.717, 1.165) is 35.1 Å². The molecule has 0 aliphatic heterocycles. The molecule has 0 aromatic rings. The van der Waals surface area contributed by atoms with Crippen molar-refractivity contribution < 1.29 is 32.4 Å². The maximum atomic E-state index is 13.3. The largest absolute Gasteiger partial charge is 0.443 e. The van der Waals surface area contributed by atoms with Crippen molar-refractivity contribution >= 4 is 30.4 Å². The monoisotopic (exact) mass is 582 g/mol. The molecule has 1 atom stereocenters. The number of nitrogens with zero attached hydrogens (tertiary/aromatic N) is 1. The molecule has 0 aromatic carbocycles. The van der Waals surface area contributed by atoms with Crippen molar-refractivity contribution in [1.29, 1.82) is 0 Å². The van der Waals surface area contributed by atoms with Crippen LogP contribution in [-0.2, 0) is 24.3 Å². The number of amides is 1. The van der Waals surface area contributed by atoms with E-state index < -0.39 is 41.2 Å². The molecule has 0 bridgehead atoms. The molecule has 0 unspecified atom stereocenters. The molecule has 1 fully saturated rings. The highest BCUT2D eigenvalue weighted by Gasteiger charge is 2.65. The molecular weight excluding hydrogens is 536 g/mol. The number of aliphatic hydroxyl groups is 1. The van der Waals surface area contributed by atoms with Gasteiger partial charge in [-0.1, -0.05) is 31.2 Å². The molecule has 2 N–H and O–H groups in total. The molecule has 0 saturated heterocycles. The van der Waals surface area contributed by atoms with Gasteiger partial charge in [0.2, 0.25) is 8.32 Å². The third-order valence-electron chi connectivity index (χ3n) is 8.75. The number of carbonyl (C=O) groups is 2. The minimum absolute atomic E-state index is 0.139. The second kappa shape index (κ2) is 9.94. The number of rotatable bonds is 8. The first-order valence-corrected chi connectivity index (χ1v) is 17.9. The van der Waals surface area contributed by atoms with E-state index in [-0.39, 0.29) is 17.4 Å². The van der Waals surface area contributed by atoms with Crippen molar-refractivity contribution in [2.75, 3.05) is 6.54 Å². The van der Waals surface area contributed by atoms with E-state index in [4.69, 9.17) is 9.26 Å². The Morgan fingerprint density at radius 2 is 1.72 bits per heavy atom. The van der Waals surface area contributed by atoms with E-state index in [9.17, 15) is 23.1 Å². The average Bonchev–Trinajstić information content (AvgIpc) is 3.51. The molecule has 1 saturated carbocycles. The Bertz CT molecular complexity index is 1260. The highest BCUT2D eigenvalue weighted by molar-refractivity contribution is 7.87. The second-order valence-electron chi connectivity index (χ2n) is 13.8. The van der Waals surface area contributed by atoms with E-state index >= 15 is 0 Å². The molecule has 1 spiro atoms. The summed E-state index contributed by atoms with van der Waals surface area (Å²) < 4.78 is 38.5. The Morgan fingerprint density at radius 1 is 1.15 bits per heavy atom. The van der Waals surface area contributed by atoms with Crippen LogP contribution in [0.15, 0.2) is 33.9 Å². The van der Waals surface area contributed by atoms with Crippen LogP contribution in [0.3, 0.4) is 0 Å². The predicted octanol–water partition coefficient (Wildman–Crippen LogP) is 5.46. The minimum atomic E-state index is -4.37. The number of ether oxygens (including phenoxy) is 1. The zero-order valence-electron chi connectivity index (χ0n) is 25.4. The molecule has 39 heavy (non-hydrogen) atoms. The lowest BCUT2D eigenvalue weighted by molar-refractivity contribution is -0.137. The summed E-state index contributed by atoms with van der Waals surface area (Å²) in [5, 5.41) is 10.8. The highest BCUT2D eigenvalue weighted by Crippen LogP contribution is 2.65. The van der Waals surface area contributed by atoms with Gasteiger partial charge < -0.3 is 14.4 Å². The first-order valence-electron chi connectivity index (χ1n) is 13.6. The van der Waals surface area contributed by atoms with Gasteiger partial charge in [-0.2, -0.15) is 12.7 Å². The maximum absolute atomic E-state index is 13.3. The van der Waals surface area contributed by atoms with Gasteiger partial charge in [-0.25, -0.2) is 4.79 Å². The third kappa shape index (κ3) is 5.84. The summed E-state index contributed by atoms with van der Waals surface area (Å²) >= 11 is 0. The van der Waals surface area contributed by atoms with Crippen LogP contribution < -0.4 is 4.89 Å². The van der Waals surface area contributed by atoms with Crippen molar-refractivity contribution in [3.8, 4) is 0 Å². The van der Waals surface area contributed by atoms with Crippen LogP contribution in [0.4, 0.5) is 4.79 Å². The Balaban J connectivity index is 1.82. The number of hydrogen-bond donors (Lipinski definition) is 2. The summed E-state index contributed by atoms with van der Waals surface area (Å²) in [6.45, 7) is 20.1. The summed E-state index contributed by atoms with van der Waals surface area (Å²) in [6.07, 6.45) is 3.10. The van der Waals surface area contributed by atoms with Crippen LogP contribution in [0.25, 0.3) is 0 Å². The second-order valence-corrected chi connectivity index (χ2v) is 20.1. The normalized spacial score (nSPS) is 23.3. The molecule has 3 aliphatic rings. The summed E-state index contributed by atoms with van der Waals surface area (Å²) in [5.74, 6) is -0.264. The Hall–Kier alpha value is -1.79. The van der Waals surface area contributed by atoms with Crippen molar-refractivity contribution in [1.82, 2.24) is 9.19 Å². The van der Waals surface area contributed by atoms with Crippen LogP contribution >= 0.6 is 0 Å². The summed E-state index contributed by atoms with van der Waals surface area (Å²) in [5.41, 5.74) is 1.39. The van der Waals surface area contributed by atoms with Crippen molar-refractivity contribution in [3.63, 3.8) is 0 Å². The first-order chi connectivity index (χ1) is 17.5. The van der Waals surface area contributed by atoms with Gasteiger partial charge in [0.25, 0.3) is 0 Å². The van der Waals surface area contributed by atoms with Gasteiger partial charge in [-0.3, -0.25) is 4.79 Å². The van der Waals surface area contributed by atoms with Crippen molar-refractivity contribution in [2.24, 2.45) is 5.41 Å². The SMILES string of the molecule is CC1=C(CCCN(C(=O)OC(C)(C)C)S(=O)(=O)NO[Si](C)(C)C(C)(C)C)C2=C(C)C3(CC3)[C@@](C)(O)C(=O)C2=C1. The molecule has 0 radical (unpaired) electrons. The zero-order valence-corrected chi connectivity index (χ0v) is 27.2. The third-order valence-corrected chi connectivity index (χ3v) is 14.3. The smallest absolute Gasteiger partial charge is 0.425 e. The van der Waals surface area contributed by atoms with Crippen molar-refractivity contribution in [3.05, 3.63) is 33.9 Å². The van der Waals surface area contributed by atoms with Gasteiger partial charge in [0, 0.05) is 17.5 Å². The van der Waals surface area contributed by atoms with Gasteiger partial charge in [-0.05, 0) is 108 Å². The molecule has 9 nitrogen and oxygen atoms in total. The van der Waals surface area contributed by atoms with E-state index in [1.807, 2.05) is 53.8 Å². The number of carbonyl (C=O) groups excluding carboxylic acids is 2. The average molecular weight is 583 g/mol. The van der Waals surface area contributed by atoms with Crippen LogP contribution in [0.5, 0.6) is 0 Å². The summed E-state index contributed by atoms with van der Waals surface area (Å²) in [4.78, 5) is 28.5. The Morgan fingerprint density at radius 3 is 2.21 bits per heavy atom. The van der Waals surface area contributed by atoms with Gasteiger partial charge in [-0.15, -0.1) is 0 Å². The fourth-order valence-electron chi connectivity index (χ4n) is 5.11. The number of fused-ring (bicyclic) bond motifs is 1. The molecule has 0 heterocycles. The molecule has 1 amide bonds. The van der Waals surface area contributed by atoms with E-state index in [2.05, 4.69) is 4.89 Å². The lowest BCUT2D eigenvalue weighted by atomic mass is 9.67. The number of ketones is 1. The van der Waals surface area contributed by atoms with Gasteiger partial charge >= 0.3 is 16.3 Å². The van der Waals surface area contributed by atoms with E-state index in [1.165, 1.54) is 0 Å². The molecule has 0 aromatic heterocycles. The topological polar surface area (TPSA) is 122 Å². The number of Topliss-reactive ketones (excluding diaryl/α,β-unsaturated/α-hetero) is 1. The predicted molar refractivity (Wildman–Crippen MR) is 153 cm³/mol. The van der Waals surface area contributed by atoms with Gasteiger partial charge in [0.1, 0.15) is 11.2 Å². The van der Waals surface area contributed by atoms with Crippen LogP contribution in [0, 0.1) is 5.41 Å². The number of hydrogen-bond acceptors (Lipinski definition) is 7. The molecule has 220 valence electrons. The van der Waals surface area contributed by atoms with Gasteiger partial charge in [0.15, 0.2) is 5.78 Å². The van der Waals surface area contributed by atoms with Crippen LogP contribution in [-0.4, -0.2) is 55.8 Å². The molecular formula is C28H46N2O7SSi. The standard InChI is InChI=1S/C28H46N2O7SSi/c1-18-17-21-22(19(2)28(14-15-28)27(9,33)23(21)31)20(18)13-12-16-30(24(32)36-25(3,4)5)38(34,35)29-37-39(10,11)26(6,7)8/h17,29,33H,12-16H2,1-11H3/t27-/m0/s1. The van der Waals surface area contributed by atoms with Gasteiger partial charge in [0.05, 0.1) is 0 Å². The number of nitrogens with one attached hydrogen (secondary N) is 1. The van der Waals surface area contributed by atoms with Crippen LogP contribution in [0.1, 0.15) is 88.0 Å². The number of allylic oxidation sites excluding steroid dienone is 4. The Kier molecular flexibility index (Phi) is 8.08. The fourth-order valence-corrected chi connectivity index (χ4v) is 7.37. The highest BCUT2D eigenvalue weighted by atomic mass is 32.2. The summed E-state index contributed by atoms with van der Waals surface area (Å²) in [7, 11) is -6.87. The van der Waals surface area contributed by atoms with E-state index in [1.54, 1.807) is 27.7 Å². The minimum Gasteiger partial charge on any atom is -0.443 e. The van der Waals surface area contributed by atoms with Crippen molar-refractivity contribution in [2.45, 2.75) is 117 Å².